The second kappa shape index (κ2) is 44.7. The van der Waals surface area contributed by atoms with Crippen LogP contribution in [-0.4, -0.2) is 200 Å². The molecule has 137 heavy (non-hydrogen) atoms. The zero-order chi connectivity index (χ0) is 101. The molecule has 15 heterocycles. The summed E-state index contributed by atoms with van der Waals surface area (Å²) in [6.45, 7) is 55.2. The quantitative estimate of drug-likeness (QED) is 0.0119. The summed E-state index contributed by atoms with van der Waals surface area (Å²) in [4.78, 5) is 65.3. The van der Waals surface area contributed by atoms with Crippen LogP contribution in [0.15, 0.2) is 86.9 Å². The van der Waals surface area contributed by atoms with E-state index >= 15 is 0 Å². The second-order valence-electron chi connectivity index (χ2n) is 41.6. The number of nitro benzene ring substituents is 1. The Hall–Kier alpha value is -5.35. The molecular formula is C94H133Cl5I2N16O16Si4. The van der Waals surface area contributed by atoms with E-state index < -0.39 is 50.4 Å². The number of ether oxygens (including phenoxy) is 6. The third-order valence-corrected chi connectivity index (χ3v) is 49.5. The minimum atomic E-state index is -1.98. The lowest BCUT2D eigenvalue weighted by Gasteiger charge is -2.39. The van der Waals surface area contributed by atoms with Gasteiger partial charge in [0.05, 0.1) is 119 Å². The number of aliphatic hydroxyl groups is 3. The van der Waals surface area contributed by atoms with Gasteiger partial charge in [-0.25, -0.2) is 49.8 Å². The van der Waals surface area contributed by atoms with Crippen LogP contribution in [0.4, 0.5) is 5.69 Å². The van der Waals surface area contributed by atoms with Crippen molar-refractivity contribution in [3.63, 3.8) is 0 Å². The summed E-state index contributed by atoms with van der Waals surface area (Å²) in [5.74, 6) is -0.0699. The van der Waals surface area contributed by atoms with Gasteiger partial charge in [0.2, 0.25) is 0 Å². The van der Waals surface area contributed by atoms with Gasteiger partial charge < -0.3 is 84.3 Å². The molecule has 0 bridgehead atoms. The highest BCUT2D eigenvalue weighted by atomic mass is 127. The fourth-order valence-corrected chi connectivity index (χ4v) is 25.2. The molecule has 5 aliphatic rings. The van der Waals surface area contributed by atoms with Crippen molar-refractivity contribution in [2.45, 2.75) is 360 Å². The number of rotatable bonds is 25. The molecule has 3 N–H and O–H groups in total. The molecule has 0 radical (unpaired) electrons. The van der Waals surface area contributed by atoms with Gasteiger partial charge in [-0.2, -0.15) is 0 Å². The molecule has 0 saturated carbocycles. The zero-order valence-corrected chi connectivity index (χ0v) is 95.0. The highest BCUT2D eigenvalue weighted by Gasteiger charge is 2.51. The second-order valence-corrected chi connectivity index (χ2v) is 64.8. The van der Waals surface area contributed by atoms with Crippen LogP contribution in [-0.2, 0) is 65.9 Å². The number of hydrogen-bond donors (Lipinski definition) is 3. The number of aromatic nitrogens is 15. The Kier molecular flexibility index (Phi) is 36.0. The lowest BCUT2D eigenvalue weighted by atomic mass is 10.1. The van der Waals surface area contributed by atoms with Crippen LogP contribution in [0.2, 0.25) is 98.3 Å². The van der Waals surface area contributed by atoms with Crippen LogP contribution in [0.3, 0.4) is 0 Å². The lowest BCUT2D eigenvalue weighted by Crippen LogP contribution is -2.45. The minimum Gasteiger partial charge on any atom is -0.411 e. The monoisotopic (exact) mass is 2280 g/mol. The van der Waals surface area contributed by atoms with Crippen molar-refractivity contribution in [1.29, 1.82) is 0 Å². The maximum Gasteiger partial charge on any atom is 0.274 e. The summed E-state index contributed by atoms with van der Waals surface area (Å²) >= 11 is 35.8. The number of fused-ring (bicyclic) bond motifs is 5. The van der Waals surface area contributed by atoms with Crippen molar-refractivity contribution in [1.82, 2.24) is 72.7 Å². The first-order chi connectivity index (χ1) is 64.1. The Morgan fingerprint density at radius 3 is 1.04 bits per heavy atom. The predicted molar refractivity (Wildman–Crippen MR) is 561 cm³/mol. The zero-order valence-electron chi connectivity index (χ0n) is 82.9. The first-order valence-corrected chi connectivity index (χ1v) is 62.3. The standard InChI is InChI=1S/C26H35ClN4O5Si.C20H30ClN3O3Si.C19H30ClN3O3Si.C18H27ClIN3O2Si.C11H11ClIN3O3/c1-7-20-21(36-37(5,6)26(2,3)4)12-22(35-20)30-13-18(23-24(27)28-16-29-25(23)30)15-34-14-17-10-8-9-11-19(17)31(32)33;1-8-14-15(27-28(6,7)20(3,4)5)9-16(26-14)24-10-13(12(2)25)17-18(21)22-11-23-19(17)24;1-7-13-14(26-27(5,6)19(2,3)4)8-15(25-13)23-9-12(10-24)16-17(20)21-11-22-18(16)23;1-7-12-13(25-26(5,6)18(2,3)4)8-14(24-12)23-9-11(20)15-16(19)21-10-22-17(15)23;12-10-9-5(13)2-16(11(9)15-4-14-10)8-1-6(18)7(3-17)19-8/h8-11,13,16,20-22H,7,12,14-15H2,1-6H3;10-11,14-16H,8-9H2,1-7H3;9,11,13-15,24H,7-8,10H2,1-6H3;9-10,12-14H,7-8H2,1-6H3;2,4,6-8,17-18H,1,3H2/t20-,21?,22-;14-,15?,16-;13-,14?,15-;12-,13?,14-;6?,7-,8-/m11111/s1. The molecule has 0 spiro atoms. The first kappa shape index (κ1) is 110. The number of carbonyl (C=O) groups is 1. The van der Waals surface area contributed by atoms with Gasteiger partial charge in [-0.05, 0) is 156 Å². The van der Waals surface area contributed by atoms with Gasteiger partial charge in [0.25, 0.3) is 5.69 Å². The van der Waals surface area contributed by atoms with Gasteiger partial charge in [-0.15, -0.1) is 0 Å². The van der Waals surface area contributed by atoms with E-state index in [0.717, 1.165) is 67.6 Å². The number of aliphatic hydroxyl groups excluding tert-OH is 3. The van der Waals surface area contributed by atoms with Gasteiger partial charge in [0, 0.05) is 93.0 Å². The van der Waals surface area contributed by atoms with E-state index in [4.69, 9.17) is 109 Å². The van der Waals surface area contributed by atoms with E-state index in [1.165, 1.54) is 44.6 Å². The maximum absolute atomic E-state index is 12.1. The van der Waals surface area contributed by atoms with Crippen molar-refractivity contribution >= 4 is 203 Å². The van der Waals surface area contributed by atoms with Crippen LogP contribution in [0, 0.1) is 17.3 Å². The molecule has 43 heteroatoms. The molecule has 10 aromatic heterocycles. The molecule has 750 valence electrons. The SMILES string of the molecule is CC[C@H]1O[C@@H](n2cc(C(C)=O)c3c(Cl)ncnc32)CC1O[Si](C)(C)C(C)(C)C.CC[C@H]1O[C@@H](n2cc(CO)c3c(Cl)ncnc32)CC1O[Si](C)(C)C(C)(C)C.CC[C@H]1O[C@@H](n2cc(COCc3ccccc3[N+](=O)[O-])c3c(Cl)ncnc32)CC1O[Si](C)(C)C(C)(C)C.CC[C@H]1O[C@@H](n2cc(I)c3c(Cl)ncnc32)CC1O[Si](C)(C)C(C)(C)C.OC[C@H]1O[C@@H](n2cc(I)c3c(Cl)ncnc32)CC1O. The number of carbonyl (C=O) groups excluding carboxylic acids is 1. The average Bonchev–Trinajstić information content (AvgIpc) is 1.66. The highest BCUT2D eigenvalue weighted by Crippen LogP contribution is 2.50. The van der Waals surface area contributed by atoms with Crippen LogP contribution in [0.5, 0.6) is 0 Å². The lowest BCUT2D eigenvalue weighted by molar-refractivity contribution is -0.386. The number of nitrogens with zero attached hydrogens (tertiary/aromatic N) is 16. The third-order valence-electron chi connectivity index (χ3n) is 28.4. The van der Waals surface area contributed by atoms with E-state index in [2.05, 4.69) is 269 Å². The van der Waals surface area contributed by atoms with Crippen LogP contribution in [0.25, 0.3) is 55.2 Å². The van der Waals surface area contributed by atoms with Gasteiger partial charge >= 0.3 is 0 Å². The molecule has 0 aliphatic carbocycles. The number of hydrogen-bond acceptors (Lipinski definition) is 26. The molecule has 32 nitrogen and oxygen atoms in total. The Morgan fingerprint density at radius 1 is 0.431 bits per heavy atom. The summed E-state index contributed by atoms with van der Waals surface area (Å²) in [5, 5.41) is 46.0. The Labute approximate surface area is 858 Å². The van der Waals surface area contributed by atoms with Crippen molar-refractivity contribution in [3.05, 3.63) is 152 Å². The summed E-state index contributed by atoms with van der Waals surface area (Å²) in [5.41, 5.74) is 6.03. The molecule has 5 saturated heterocycles. The van der Waals surface area contributed by atoms with E-state index in [1.54, 1.807) is 24.4 Å². The summed E-state index contributed by atoms with van der Waals surface area (Å²) in [7, 11) is -7.66. The van der Waals surface area contributed by atoms with E-state index in [0.29, 0.717) is 95.3 Å². The fraction of sp³-hybridized carbons (Fsp3) is 0.606. The molecule has 5 aliphatic heterocycles. The fourth-order valence-electron chi connectivity index (χ4n) is 16.7. The van der Waals surface area contributed by atoms with Crippen molar-refractivity contribution < 1.29 is 71.2 Å². The smallest absolute Gasteiger partial charge is 0.274 e. The molecule has 16 rings (SSSR count). The van der Waals surface area contributed by atoms with Crippen LogP contribution in [0.1, 0.15) is 234 Å². The number of benzene rings is 1. The summed E-state index contributed by atoms with van der Waals surface area (Å²) in [6.07, 6.45) is 21.6. The van der Waals surface area contributed by atoms with Gasteiger partial charge in [-0.1, -0.05) is 181 Å². The molecule has 1 aromatic carbocycles. The third kappa shape index (κ3) is 24.4. The van der Waals surface area contributed by atoms with Crippen molar-refractivity contribution in [2.75, 3.05) is 6.61 Å². The first-order valence-electron chi connectivity index (χ1n) is 46.7. The maximum atomic E-state index is 12.1. The number of para-hydroxylation sites is 1. The minimum absolute atomic E-state index is 0.00895. The Morgan fingerprint density at radius 2 is 0.715 bits per heavy atom. The van der Waals surface area contributed by atoms with Gasteiger partial charge in [-0.3, -0.25) is 14.9 Å². The molecule has 11 aromatic rings. The van der Waals surface area contributed by atoms with Gasteiger partial charge in [0.1, 0.15) is 123 Å². The van der Waals surface area contributed by atoms with Crippen molar-refractivity contribution in [2.24, 2.45) is 0 Å². The number of Topliss-reactive ketones (excluding diaryl/α,β-unsaturated/α-hetero) is 1. The van der Waals surface area contributed by atoms with Crippen molar-refractivity contribution in [3.8, 4) is 0 Å². The van der Waals surface area contributed by atoms with E-state index in [1.807, 2.05) is 36.9 Å². The van der Waals surface area contributed by atoms with E-state index in [9.17, 15) is 25.1 Å². The topological polar surface area (TPSA) is 367 Å². The number of halogens is 7. The summed E-state index contributed by atoms with van der Waals surface area (Å²) in [6, 6.07) is 6.56. The highest BCUT2D eigenvalue weighted by molar-refractivity contribution is 14.1. The Balaban J connectivity index is 0.000000156. The van der Waals surface area contributed by atoms with E-state index in [-0.39, 0.29) is 143 Å². The largest absolute Gasteiger partial charge is 0.411 e. The molecule has 15 atom stereocenters. The molecular weight excluding hydrogens is 2150 g/mol. The normalized spacial score (nSPS) is 23.5. The summed E-state index contributed by atoms with van der Waals surface area (Å²) < 4.78 is 75.7. The molecule has 5 unspecified atom stereocenters. The van der Waals surface area contributed by atoms with Gasteiger partial charge in [0.15, 0.2) is 39.1 Å². The Bertz CT molecular complexity index is 6070. The van der Waals surface area contributed by atoms with Crippen LogP contribution < -0.4 is 0 Å². The molecule has 0 amide bonds. The predicted octanol–water partition coefficient (Wildman–Crippen LogP) is 23.9. The molecule has 5 fully saturated rings. The number of nitro groups is 1. The average molecular weight is 2290 g/mol. The van der Waals surface area contributed by atoms with Crippen LogP contribution >= 0.6 is 103 Å². The number of ketones is 1.